The molecule has 45 heavy (non-hydrogen) atoms. The minimum absolute atomic E-state index is 0.0308. The Balaban J connectivity index is 1.41. The average molecular weight is 689 g/mol. The summed E-state index contributed by atoms with van der Waals surface area (Å²) in [7, 11) is -4.13. The van der Waals surface area contributed by atoms with Crippen LogP contribution in [-0.4, -0.2) is 48.5 Å². The van der Waals surface area contributed by atoms with Crippen molar-refractivity contribution in [2.45, 2.75) is 42.2 Å². The summed E-state index contributed by atoms with van der Waals surface area (Å²) in [6.07, 6.45) is 0.503. The summed E-state index contributed by atoms with van der Waals surface area (Å²) in [5, 5.41) is 11.2. The SMILES string of the molecule is O=C(CCN1c2cc(Br)ccc2[C@@]2(CCC(=O)c3ccccc3)CCN(S(=O)(=O)c3ccc([N+](=O)[O-])cc3)[C@@H]12)c1ccccc1. The highest BCUT2D eigenvalue weighted by Crippen LogP contribution is 2.56. The Morgan fingerprint density at radius 3 is 2.07 bits per heavy atom. The fourth-order valence-electron chi connectivity index (χ4n) is 6.71. The number of non-ortho nitro benzene ring substituents is 1. The van der Waals surface area contributed by atoms with Crippen LogP contribution in [-0.2, 0) is 15.4 Å². The van der Waals surface area contributed by atoms with Crippen molar-refractivity contribution in [3.8, 4) is 0 Å². The molecule has 0 saturated carbocycles. The number of sulfonamides is 1. The number of nitrogens with zero attached hydrogens (tertiary/aromatic N) is 3. The normalized spacial score (nSPS) is 19.2. The standard InChI is InChI=1S/C34H30BrN3O6S/c35-26-11-16-29-30(23-26)36(21-18-32(40)25-9-5-2-6-10-25)33-34(29,19-17-31(39)24-7-3-1-4-8-24)20-22-37(33)45(43,44)28-14-12-27(13-15-28)38(41)42/h1-16,23,33H,17-22H2/t33-,34-/m1/s1. The van der Waals surface area contributed by atoms with Gasteiger partial charge in [0.1, 0.15) is 6.17 Å². The molecule has 1 saturated heterocycles. The van der Waals surface area contributed by atoms with Crippen LogP contribution in [0.3, 0.4) is 0 Å². The second-order valence-corrected chi connectivity index (χ2v) is 14.1. The van der Waals surface area contributed by atoms with Crippen molar-refractivity contribution in [2.75, 3.05) is 18.0 Å². The van der Waals surface area contributed by atoms with Gasteiger partial charge in [-0.25, -0.2) is 8.42 Å². The Kier molecular flexibility index (Phi) is 8.43. The number of hydrogen-bond acceptors (Lipinski definition) is 7. The summed E-state index contributed by atoms with van der Waals surface area (Å²) in [5.41, 5.74) is 1.98. The molecule has 4 aromatic carbocycles. The van der Waals surface area contributed by atoms with E-state index in [0.717, 1.165) is 15.7 Å². The number of ketones is 2. The Bertz CT molecular complexity index is 1870. The number of rotatable bonds is 11. The van der Waals surface area contributed by atoms with Crippen molar-refractivity contribution in [3.63, 3.8) is 0 Å². The summed E-state index contributed by atoms with van der Waals surface area (Å²) >= 11 is 3.57. The third-order valence-electron chi connectivity index (χ3n) is 8.87. The smallest absolute Gasteiger partial charge is 0.269 e. The van der Waals surface area contributed by atoms with Crippen LogP contribution in [0.15, 0.2) is 112 Å². The molecule has 0 amide bonds. The second-order valence-electron chi connectivity index (χ2n) is 11.3. The van der Waals surface area contributed by atoms with Crippen LogP contribution < -0.4 is 4.90 Å². The van der Waals surface area contributed by atoms with E-state index in [-0.39, 0.29) is 48.1 Å². The predicted octanol–water partition coefficient (Wildman–Crippen LogP) is 6.77. The summed E-state index contributed by atoms with van der Waals surface area (Å²) in [5.74, 6) is -0.0940. The molecule has 4 aromatic rings. The molecule has 0 aromatic heterocycles. The summed E-state index contributed by atoms with van der Waals surface area (Å²) in [6, 6.07) is 28.7. The average Bonchev–Trinajstić information content (AvgIpc) is 3.56. The van der Waals surface area contributed by atoms with E-state index < -0.39 is 26.5 Å². The number of hydrogen-bond donors (Lipinski definition) is 0. The third kappa shape index (κ3) is 5.71. The van der Waals surface area contributed by atoms with Gasteiger partial charge in [0.05, 0.1) is 9.82 Å². The lowest BCUT2D eigenvalue weighted by molar-refractivity contribution is -0.384. The maximum atomic E-state index is 14.3. The van der Waals surface area contributed by atoms with Crippen LogP contribution >= 0.6 is 15.9 Å². The molecular weight excluding hydrogens is 658 g/mol. The van der Waals surface area contributed by atoms with E-state index in [9.17, 15) is 28.1 Å². The molecule has 0 N–H and O–H groups in total. The predicted molar refractivity (Wildman–Crippen MR) is 174 cm³/mol. The molecule has 9 nitrogen and oxygen atoms in total. The van der Waals surface area contributed by atoms with Crippen LogP contribution in [0.5, 0.6) is 0 Å². The lowest BCUT2D eigenvalue weighted by Gasteiger charge is -2.38. The zero-order valence-electron chi connectivity index (χ0n) is 24.2. The van der Waals surface area contributed by atoms with Gasteiger partial charge < -0.3 is 4.90 Å². The van der Waals surface area contributed by atoms with Crippen molar-refractivity contribution < 1.29 is 22.9 Å². The highest BCUT2D eigenvalue weighted by atomic mass is 79.9. The van der Waals surface area contributed by atoms with E-state index in [0.29, 0.717) is 24.0 Å². The van der Waals surface area contributed by atoms with E-state index in [2.05, 4.69) is 15.9 Å². The van der Waals surface area contributed by atoms with Crippen LogP contribution in [0.25, 0.3) is 0 Å². The molecule has 2 aliphatic heterocycles. The first-order valence-corrected chi connectivity index (χ1v) is 16.8. The minimum Gasteiger partial charge on any atom is -0.353 e. The van der Waals surface area contributed by atoms with Gasteiger partial charge in [-0.2, -0.15) is 4.31 Å². The van der Waals surface area contributed by atoms with Gasteiger partial charge in [-0.15, -0.1) is 0 Å². The molecule has 6 rings (SSSR count). The van der Waals surface area contributed by atoms with Crippen molar-refractivity contribution >= 4 is 48.9 Å². The van der Waals surface area contributed by atoms with E-state index in [4.69, 9.17) is 0 Å². The van der Waals surface area contributed by atoms with Crippen LogP contribution in [0.2, 0.25) is 0 Å². The molecule has 2 aliphatic rings. The number of nitro benzene ring substituents is 1. The van der Waals surface area contributed by atoms with Crippen LogP contribution in [0.4, 0.5) is 11.4 Å². The lowest BCUT2D eigenvalue weighted by atomic mass is 9.75. The number of Topliss-reactive ketones (excluding diaryl/α,β-unsaturated/α-hetero) is 2. The maximum absolute atomic E-state index is 14.3. The minimum atomic E-state index is -4.13. The first-order chi connectivity index (χ1) is 21.6. The van der Waals surface area contributed by atoms with Gasteiger partial charge in [-0.05, 0) is 42.7 Å². The van der Waals surface area contributed by atoms with E-state index in [1.54, 1.807) is 36.4 Å². The molecular formula is C34H30BrN3O6S. The summed E-state index contributed by atoms with van der Waals surface area (Å²) in [6.45, 7) is 0.435. The van der Waals surface area contributed by atoms with Crippen molar-refractivity contribution in [3.05, 3.63) is 134 Å². The summed E-state index contributed by atoms with van der Waals surface area (Å²) in [4.78, 5) is 39.2. The number of halogens is 1. The van der Waals surface area contributed by atoms with E-state index in [1.807, 2.05) is 47.4 Å². The van der Waals surface area contributed by atoms with Crippen molar-refractivity contribution in [1.82, 2.24) is 4.31 Å². The quantitative estimate of drug-likeness (QED) is 0.0970. The van der Waals surface area contributed by atoms with Gasteiger partial charge >= 0.3 is 0 Å². The summed E-state index contributed by atoms with van der Waals surface area (Å²) < 4.78 is 30.8. The highest BCUT2D eigenvalue weighted by molar-refractivity contribution is 9.10. The monoisotopic (exact) mass is 687 g/mol. The third-order valence-corrected chi connectivity index (χ3v) is 11.2. The van der Waals surface area contributed by atoms with Gasteiger partial charge in [0.2, 0.25) is 10.0 Å². The Labute approximate surface area is 269 Å². The molecule has 0 bridgehead atoms. The first kappa shape index (κ1) is 30.8. The van der Waals surface area contributed by atoms with Gasteiger partial charge in [0.25, 0.3) is 5.69 Å². The Morgan fingerprint density at radius 1 is 0.867 bits per heavy atom. The zero-order chi connectivity index (χ0) is 31.8. The Morgan fingerprint density at radius 2 is 1.47 bits per heavy atom. The first-order valence-electron chi connectivity index (χ1n) is 14.6. The van der Waals surface area contributed by atoms with Gasteiger partial charge in [0, 0.05) is 64.8 Å². The number of anilines is 1. The van der Waals surface area contributed by atoms with E-state index in [1.165, 1.54) is 28.6 Å². The highest BCUT2D eigenvalue weighted by Gasteiger charge is 2.59. The topological polar surface area (TPSA) is 118 Å². The van der Waals surface area contributed by atoms with Crippen molar-refractivity contribution in [2.24, 2.45) is 0 Å². The second kappa shape index (κ2) is 12.3. The van der Waals surface area contributed by atoms with Crippen LogP contribution in [0, 0.1) is 10.1 Å². The molecule has 2 atom stereocenters. The van der Waals surface area contributed by atoms with Crippen molar-refractivity contribution in [1.29, 1.82) is 0 Å². The number of carbonyl (C=O) groups is 2. The number of fused-ring (bicyclic) bond motifs is 3. The largest absolute Gasteiger partial charge is 0.353 e. The lowest BCUT2D eigenvalue weighted by Crippen LogP contribution is -2.52. The van der Waals surface area contributed by atoms with Gasteiger partial charge in [0.15, 0.2) is 11.6 Å². The fourth-order valence-corrected chi connectivity index (χ4v) is 8.72. The maximum Gasteiger partial charge on any atom is 0.269 e. The molecule has 230 valence electrons. The number of carbonyl (C=O) groups excluding carboxylic acids is 2. The van der Waals surface area contributed by atoms with Gasteiger partial charge in [-0.3, -0.25) is 19.7 Å². The molecule has 0 aliphatic carbocycles. The molecule has 11 heteroatoms. The van der Waals surface area contributed by atoms with Gasteiger partial charge in [-0.1, -0.05) is 82.7 Å². The molecule has 2 heterocycles. The van der Waals surface area contributed by atoms with E-state index >= 15 is 0 Å². The zero-order valence-corrected chi connectivity index (χ0v) is 26.6. The number of benzene rings is 4. The molecule has 0 spiro atoms. The molecule has 0 radical (unpaired) electrons. The molecule has 1 fully saturated rings. The number of nitro groups is 1. The Hall–Kier alpha value is -4.19. The molecule has 0 unspecified atom stereocenters. The van der Waals surface area contributed by atoms with Crippen LogP contribution in [0.1, 0.15) is 52.0 Å². The fraction of sp³-hybridized carbons (Fsp3) is 0.235.